The minimum Gasteiger partial charge on any atom is -0.349 e. The monoisotopic (exact) mass is 411 g/mol. The lowest BCUT2D eigenvalue weighted by Gasteiger charge is -2.20. The molecule has 30 heavy (non-hydrogen) atoms. The van der Waals surface area contributed by atoms with Crippen molar-refractivity contribution in [2.45, 2.75) is 38.6 Å². The van der Waals surface area contributed by atoms with E-state index in [4.69, 9.17) is 0 Å². The summed E-state index contributed by atoms with van der Waals surface area (Å²) in [6.07, 6.45) is 0.336. The van der Waals surface area contributed by atoms with Gasteiger partial charge in [0.15, 0.2) is 0 Å². The van der Waals surface area contributed by atoms with Crippen molar-refractivity contribution in [3.05, 3.63) is 99.2 Å². The summed E-state index contributed by atoms with van der Waals surface area (Å²) in [6, 6.07) is 12.4. The fourth-order valence-electron chi connectivity index (χ4n) is 3.10. The molecule has 2 N–H and O–H groups in total. The molecule has 1 aromatic heterocycles. The van der Waals surface area contributed by atoms with Gasteiger partial charge in [-0.05, 0) is 35.4 Å². The summed E-state index contributed by atoms with van der Waals surface area (Å²) in [4.78, 5) is 31.8. The number of nitrogens with zero attached hydrogens (tertiary/aromatic N) is 1. The third-order valence-corrected chi connectivity index (χ3v) is 4.66. The van der Waals surface area contributed by atoms with Crippen LogP contribution >= 0.6 is 0 Å². The maximum atomic E-state index is 13.4. The Labute approximate surface area is 173 Å². The zero-order valence-corrected chi connectivity index (χ0v) is 16.8. The number of aromatic amines is 1. The maximum Gasteiger partial charge on any atom is 0.251 e. The van der Waals surface area contributed by atoms with Crippen LogP contribution in [0, 0.1) is 11.6 Å². The second-order valence-corrected chi connectivity index (χ2v) is 7.46. The summed E-state index contributed by atoms with van der Waals surface area (Å²) in [7, 11) is 0. The molecule has 1 heterocycles. The summed E-state index contributed by atoms with van der Waals surface area (Å²) in [5.74, 6) is -0.427. The van der Waals surface area contributed by atoms with Gasteiger partial charge in [-0.1, -0.05) is 38.1 Å². The number of rotatable bonds is 7. The number of hydrogen-bond acceptors (Lipinski definition) is 3. The average molecular weight is 411 g/mol. The number of hydrogen-bond donors (Lipinski definition) is 2. The van der Waals surface area contributed by atoms with Crippen LogP contribution in [-0.4, -0.2) is 15.9 Å². The van der Waals surface area contributed by atoms with Crippen molar-refractivity contribution in [1.29, 1.82) is 0 Å². The molecule has 0 fully saturated rings. The zero-order valence-electron chi connectivity index (χ0n) is 16.8. The smallest absolute Gasteiger partial charge is 0.251 e. The predicted molar refractivity (Wildman–Crippen MR) is 110 cm³/mol. The number of aromatic nitrogens is 2. The van der Waals surface area contributed by atoms with E-state index in [0.29, 0.717) is 22.6 Å². The van der Waals surface area contributed by atoms with Crippen molar-refractivity contribution in [3.8, 4) is 0 Å². The van der Waals surface area contributed by atoms with Crippen molar-refractivity contribution in [2.24, 2.45) is 0 Å². The van der Waals surface area contributed by atoms with Gasteiger partial charge in [0.25, 0.3) is 5.56 Å². The Balaban J connectivity index is 1.83. The molecule has 1 atom stereocenters. The average Bonchev–Trinajstić information content (AvgIpc) is 2.69. The lowest BCUT2D eigenvalue weighted by atomic mass is 10.0. The summed E-state index contributed by atoms with van der Waals surface area (Å²) in [6.45, 7) is 3.84. The quantitative estimate of drug-likeness (QED) is 0.621. The number of carbonyl (C=O) groups is 1. The lowest BCUT2D eigenvalue weighted by Crippen LogP contribution is -2.32. The first-order valence-corrected chi connectivity index (χ1v) is 9.69. The summed E-state index contributed by atoms with van der Waals surface area (Å²) >= 11 is 0. The summed E-state index contributed by atoms with van der Waals surface area (Å²) in [5.41, 5.74) is 1.62. The highest BCUT2D eigenvalue weighted by Gasteiger charge is 2.18. The Kier molecular flexibility index (Phi) is 6.72. The third-order valence-electron chi connectivity index (χ3n) is 4.66. The number of amides is 1. The van der Waals surface area contributed by atoms with Gasteiger partial charge in [0.05, 0.1) is 18.2 Å². The molecule has 0 spiro atoms. The van der Waals surface area contributed by atoms with Gasteiger partial charge in [-0.2, -0.15) is 0 Å². The molecule has 7 heteroatoms. The molecule has 0 bridgehead atoms. The van der Waals surface area contributed by atoms with Crippen LogP contribution in [0.15, 0.2) is 59.4 Å². The molecular weight excluding hydrogens is 388 g/mol. The third kappa shape index (κ3) is 5.83. The van der Waals surface area contributed by atoms with Gasteiger partial charge in [0.2, 0.25) is 5.91 Å². The van der Waals surface area contributed by atoms with Gasteiger partial charge in [-0.25, -0.2) is 13.8 Å². The first-order chi connectivity index (χ1) is 14.3. The number of halogens is 2. The van der Waals surface area contributed by atoms with E-state index < -0.39 is 6.04 Å². The zero-order chi connectivity index (χ0) is 21.7. The summed E-state index contributed by atoms with van der Waals surface area (Å²) < 4.78 is 26.5. The van der Waals surface area contributed by atoms with Gasteiger partial charge in [-0.15, -0.1) is 0 Å². The van der Waals surface area contributed by atoms with E-state index in [9.17, 15) is 18.4 Å². The number of carbonyl (C=O) groups excluding carboxylic acids is 1. The van der Waals surface area contributed by atoms with Crippen LogP contribution in [0.5, 0.6) is 0 Å². The Morgan fingerprint density at radius 1 is 1.03 bits per heavy atom. The molecular formula is C23H23F2N3O2. The number of H-pyrrole nitrogens is 1. The highest BCUT2D eigenvalue weighted by molar-refractivity contribution is 5.79. The van der Waals surface area contributed by atoms with Gasteiger partial charge >= 0.3 is 0 Å². The Morgan fingerprint density at radius 3 is 2.23 bits per heavy atom. The number of nitrogens with one attached hydrogen (secondary N) is 2. The molecule has 2 aromatic carbocycles. The fraction of sp³-hybridized carbons (Fsp3) is 0.261. The second kappa shape index (κ2) is 9.43. The molecule has 1 amide bonds. The Morgan fingerprint density at radius 2 is 1.63 bits per heavy atom. The molecule has 0 aliphatic rings. The first-order valence-electron chi connectivity index (χ1n) is 9.69. The molecule has 0 aliphatic carbocycles. The van der Waals surface area contributed by atoms with Crippen LogP contribution < -0.4 is 10.9 Å². The lowest BCUT2D eigenvalue weighted by molar-refractivity contribution is -0.121. The molecule has 5 nitrogen and oxygen atoms in total. The van der Waals surface area contributed by atoms with E-state index in [2.05, 4.69) is 15.3 Å². The van der Waals surface area contributed by atoms with Gasteiger partial charge in [0, 0.05) is 18.4 Å². The van der Waals surface area contributed by atoms with E-state index in [1.54, 1.807) is 24.3 Å². The van der Waals surface area contributed by atoms with Crippen molar-refractivity contribution in [1.82, 2.24) is 15.3 Å². The standard InChI is InChI=1S/C23H23F2N3O2/c1-14(2)23-26-19(13-22(30)28-23)12-20(16-5-9-18(25)10-6-16)27-21(29)11-15-3-7-17(24)8-4-15/h3-10,13-14,20H,11-12H2,1-2H3,(H,27,29)(H,26,28,30). The van der Waals surface area contributed by atoms with Crippen molar-refractivity contribution >= 4 is 5.91 Å². The van der Waals surface area contributed by atoms with E-state index in [-0.39, 0.29) is 41.9 Å². The topological polar surface area (TPSA) is 74.8 Å². The highest BCUT2D eigenvalue weighted by atomic mass is 19.1. The van der Waals surface area contributed by atoms with Crippen molar-refractivity contribution in [3.63, 3.8) is 0 Å². The van der Waals surface area contributed by atoms with Crippen LogP contribution in [0.2, 0.25) is 0 Å². The van der Waals surface area contributed by atoms with Crippen LogP contribution in [-0.2, 0) is 17.6 Å². The fourth-order valence-corrected chi connectivity index (χ4v) is 3.10. The van der Waals surface area contributed by atoms with E-state index in [1.165, 1.54) is 30.3 Å². The molecule has 3 aromatic rings. The second-order valence-electron chi connectivity index (χ2n) is 7.46. The molecule has 0 saturated carbocycles. The Bertz CT molecular complexity index is 1060. The van der Waals surface area contributed by atoms with Crippen LogP contribution in [0.3, 0.4) is 0 Å². The minimum absolute atomic E-state index is 0.0370. The molecule has 0 radical (unpaired) electrons. The predicted octanol–water partition coefficient (Wildman–Crippen LogP) is 3.81. The molecule has 156 valence electrons. The Hall–Kier alpha value is -3.35. The normalized spacial score (nSPS) is 12.0. The van der Waals surface area contributed by atoms with Gasteiger partial charge in [0.1, 0.15) is 17.5 Å². The minimum atomic E-state index is -0.507. The van der Waals surface area contributed by atoms with Gasteiger partial charge in [-0.3, -0.25) is 9.59 Å². The highest BCUT2D eigenvalue weighted by Crippen LogP contribution is 2.19. The first kappa shape index (κ1) is 21.4. The van der Waals surface area contributed by atoms with E-state index in [1.807, 2.05) is 13.8 Å². The summed E-state index contributed by atoms with van der Waals surface area (Å²) in [5, 5.41) is 2.93. The molecule has 1 unspecified atom stereocenters. The van der Waals surface area contributed by atoms with E-state index >= 15 is 0 Å². The number of benzene rings is 2. The van der Waals surface area contributed by atoms with Crippen molar-refractivity contribution in [2.75, 3.05) is 0 Å². The molecule has 0 saturated heterocycles. The van der Waals surface area contributed by atoms with E-state index in [0.717, 1.165) is 0 Å². The molecule has 0 aliphatic heterocycles. The largest absolute Gasteiger partial charge is 0.349 e. The molecule has 3 rings (SSSR count). The van der Waals surface area contributed by atoms with Crippen molar-refractivity contribution < 1.29 is 13.6 Å². The maximum absolute atomic E-state index is 13.4. The van der Waals surface area contributed by atoms with Gasteiger partial charge < -0.3 is 10.3 Å². The SMILES string of the molecule is CC(C)c1nc(CC(NC(=O)Cc2ccc(F)cc2)c2ccc(F)cc2)cc(=O)[nH]1. The van der Waals surface area contributed by atoms with Crippen LogP contribution in [0.4, 0.5) is 8.78 Å². The van der Waals surface area contributed by atoms with Crippen LogP contribution in [0.1, 0.15) is 48.5 Å². The van der Waals surface area contributed by atoms with Crippen LogP contribution in [0.25, 0.3) is 0 Å².